The Morgan fingerprint density at radius 1 is 1.45 bits per heavy atom. The molecular weight excluding hydrogens is 258 g/mol. The highest BCUT2D eigenvalue weighted by molar-refractivity contribution is 5.76. The Hall–Kier alpha value is -1.30. The van der Waals surface area contributed by atoms with E-state index in [0.717, 1.165) is 6.42 Å². The third kappa shape index (κ3) is 5.36. The molecule has 6 nitrogen and oxygen atoms in total. The molecule has 0 aromatic rings. The van der Waals surface area contributed by atoms with Crippen LogP contribution in [0.1, 0.15) is 33.6 Å². The van der Waals surface area contributed by atoms with E-state index in [9.17, 15) is 14.7 Å². The summed E-state index contributed by atoms with van der Waals surface area (Å²) in [5.41, 5.74) is 5.51. The summed E-state index contributed by atoms with van der Waals surface area (Å²) in [6.45, 7) is 8.12. The average Bonchev–Trinajstić information content (AvgIpc) is 2.81. The van der Waals surface area contributed by atoms with Gasteiger partial charge in [-0.25, -0.2) is 4.79 Å². The fourth-order valence-corrected chi connectivity index (χ4v) is 2.52. The van der Waals surface area contributed by atoms with Gasteiger partial charge in [-0.05, 0) is 30.7 Å². The molecule has 2 unspecified atom stereocenters. The highest BCUT2D eigenvalue weighted by Crippen LogP contribution is 2.24. The van der Waals surface area contributed by atoms with Crippen LogP contribution in [0.3, 0.4) is 0 Å². The van der Waals surface area contributed by atoms with Crippen molar-refractivity contribution in [2.24, 2.45) is 23.0 Å². The lowest BCUT2D eigenvalue weighted by molar-refractivity contribution is -0.142. The van der Waals surface area contributed by atoms with Crippen molar-refractivity contribution in [1.29, 1.82) is 0 Å². The number of carbonyl (C=O) groups excluding carboxylic acids is 1. The maximum Gasteiger partial charge on any atom is 0.317 e. The van der Waals surface area contributed by atoms with Gasteiger partial charge in [0, 0.05) is 19.6 Å². The first-order chi connectivity index (χ1) is 9.23. The van der Waals surface area contributed by atoms with E-state index in [1.165, 1.54) is 0 Å². The first kappa shape index (κ1) is 16.8. The molecule has 0 aromatic heterocycles. The van der Waals surface area contributed by atoms with E-state index >= 15 is 0 Å². The van der Waals surface area contributed by atoms with Gasteiger partial charge in [0.2, 0.25) is 0 Å². The number of urea groups is 1. The number of likely N-dealkylation sites (tertiary alicyclic amines) is 1. The third-order valence-corrected chi connectivity index (χ3v) is 3.61. The summed E-state index contributed by atoms with van der Waals surface area (Å²) in [7, 11) is 0. The lowest BCUT2D eigenvalue weighted by Crippen LogP contribution is -2.42. The van der Waals surface area contributed by atoms with Crippen LogP contribution in [0.4, 0.5) is 4.79 Å². The standard InChI is InChI=1S/C14H27N3O3/c1-14(2,3)6-11(12(18)19)8-16-13(20)17-5-4-10(7-15)9-17/h10-11H,4-9,15H2,1-3H3,(H,16,20)(H,18,19). The molecule has 1 aliphatic rings. The van der Waals surface area contributed by atoms with Gasteiger partial charge in [-0.1, -0.05) is 20.8 Å². The minimum atomic E-state index is -0.860. The number of amides is 2. The number of carbonyl (C=O) groups is 2. The Kier molecular flexibility index (Phi) is 5.80. The van der Waals surface area contributed by atoms with Crippen molar-refractivity contribution in [3.8, 4) is 0 Å². The molecule has 4 N–H and O–H groups in total. The zero-order chi connectivity index (χ0) is 15.3. The van der Waals surface area contributed by atoms with Crippen LogP contribution in [0.5, 0.6) is 0 Å². The van der Waals surface area contributed by atoms with Gasteiger partial charge in [-0.3, -0.25) is 4.79 Å². The summed E-state index contributed by atoms with van der Waals surface area (Å²) < 4.78 is 0. The molecule has 2 atom stereocenters. The van der Waals surface area contributed by atoms with Crippen molar-refractivity contribution >= 4 is 12.0 Å². The zero-order valence-corrected chi connectivity index (χ0v) is 12.7. The summed E-state index contributed by atoms with van der Waals surface area (Å²) in [6, 6.07) is -0.180. The monoisotopic (exact) mass is 285 g/mol. The maximum atomic E-state index is 12.0. The van der Waals surface area contributed by atoms with Crippen LogP contribution in [0.15, 0.2) is 0 Å². The smallest absolute Gasteiger partial charge is 0.317 e. The number of carboxylic acid groups (broad SMARTS) is 1. The SMILES string of the molecule is CC(C)(C)CC(CNC(=O)N1CCC(CN)C1)C(=O)O. The van der Waals surface area contributed by atoms with Crippen molar-refractivity contribution < 1.29 is 14.7 Å². The van der Waals surface area contributed by atoms with Crippen molar-refractivity contribution in [1.82, 2.24) is 10.2 Å². The van der Waals surface area contributed by atoms with Crippen LogP contribution in [-0.4, -0.2) is 48.2 Å². The van der Waals surface area contributed by atoms with Gasteiger partial charge in [0.1, 0.15) is 0 Å². The molecule has 20 heavy (non-hydrogen) atoms. The van der Waals surface area contributed by atoms with Crippen LogP contribution >= 0.6 is 0 Å². The molecule has 1 fully saturated rings. The summed E-state index contributed by atoms with van der Waals surface area (Å²) in [4.78, 5) is 24.9. The molecule has 0 spiro atoms. The first-order valence-corrected chi connectivity index (χ1v) is 7.18. The summed E-state index contributed by atoms with van der Waals surface area (Å²) >= 11 is 0. The molecule has 0 aromatic carbocycles. The molecule has 116 valence electrons. The Bertz CT molecular complexity index is 352. The normalized spacial score (nSPS) is 20.8. The van der Waals surface area contributed by atoms with Crippen molar-refractivity contribution in [3.63, 3.8) is 0 Å². The Morgan fingerprint density at radius 3 is 2.55 bits per heavy atom. The van der Waals surface area contributed by atoms with Crippen molar-refractivity contribution in [3.05, 3.63) is 0 Å². The second kappa shape index (κ2) is 6.92. The molecule has 0 radical (unpaired) electrons. The molecule has 0 saturated carbocycles. The topological polar surface area (TPSA) is 95.7 Å². The maximum absolute atomic E-state index is 12.0. The van der Waals surface area contributed by atoms with Crippen LogP contribution < -0.4 is 11.1 Å². The Morgan fingerprint density at radius 2 is 2.10 bits per heavy atom. The fraction of sp³-hybridized carbons (Fsp3) is 0.857. The molecular formula is C14H27N3O3. The van der Waals surface area contributed by atoms with Gasteiger partial charge >= 0.3 is 12.0 Å². The van der Waals surface area contributed by atoms with E-state index < -0.39 is 11.9 Å². The van der Waals surface area contributed by atoms with Crippen LogP contribution in [-0.2, 0) is 4.79 Å². The van der Waals surface area contributed by atoms with E-state index in [0.29, 0.717) is 32.0 Å². The van der Waals surface area contributed by atoms with Gasteiger partial charge in [0.15, 0.2) is 0 Å². The lowest BCUT2D eigenvalue weighted by Gasteiger charge is -2.24. The number of nitrogens with one attached hydrogen (secondary N) is 1. The molecule has 2 amide bonds. The summed E-state index contributed by atoms with van der Waals surface area (Å²) in [6.07, 6.45) is 1.46. The molecule has 0 aliphatic carbocycles. The number of nitrogens with two attached hydrogens (primary N) is 1. The van der Waals surface area contributed by atoms with Crippen molar-refractivity contribution in [2.75, 3.05) is 26.2 Å². The summed E-state index contributed by atoms with van der Waals surface area (Å²) in [5.74, 6) is -1.04. The largest absolute Gasteiger partial charge is 0.481 e. The quantitative estimate of drug-likeness (QED) is 0.705. The zero-order valence-electron chi connectivity index (χ0n) is 12.7. The summed E-state index contributed by atoms with van der Waals surface area (Å²) in [5, 5.41) is 12.0. The van der Waals surface area contributed by atoms with Gasteiger partial charge < -0.3 is 21.1 Å². The number of hydrogen-bond donors (Lipinski definition) is 3. The van der Waals surface area contributed by atoms with E-state index in [1.54, 1.807) is 4.90 Å². The number of nitrogens with zero attached hydrogens (tertiary/aromatic N) is 1. The minimum absolute atomic E-state index is 0.0773. The van der Waals surface area contributed by atoms with Gasteiger partial charge in [-0.2, -0.15) is 0 Å². The van der Waals surface area contributed by atoms with Crippen molar-refractivity contribution in [2.45, 2.75) is 33.6 Å². The number of aliphatic carboxylic acids is 1. The van der Waals surface area contributed by atoms with Crippen LogP contribution in [0.25, 0.3) is 0 Å². The van der Waals surface area contributed by atoms with Gasteiger partial charge in [-0.15, -0.1) is 0 Å². The second-order valence-corrected chi connectivity index (χ2v) is 6.82. The van der Waals surface area contributed by atoms with E-state index in [1.807, 2.05) is 20.8 Å². The number of hydrogen-bond acceptors (Lipinski definition) is 3. The van der Waals surface area contributed by atoms with Crippen LogP contribution in [0, 0.1) is 17.3 Å². The first-order valence-electron chi connectivity index (χ1n) is 7.18. The molecule has 1 aliphatic heterocycles. The highest BCUT2D eigenvalue weighted by Gasteiger charge is 2.28. The number of rotatable bonds is 5. The predicted molar refractivity (Wildman–Crippen MR) is 77.3 cm³/mol. The highest BCUT2D eigenvalue weighted by atomic mass is 16.4. The Labute approximate surface area is 120 Å². The van der Waals surface area contributed by atoms with E-state index in [4.69, 9.17) is 5.73 Å². The minimum Gasteiger partial charge on any atom is -0.481 e. The second-order valence-electron chi connectivity index (χ2n) is 6.82. The third-order valence-electron chi connectivity index (χ3n) is 3.61. The fourth-order valence-electron chi connectivity index (χ4n) is 2.52. The molecule has 6 heteroatoms. The Balaban J connectivity index is 2.43. The van der Waals surface area contributed by atoms with Gasteiger partial charge in [0.05, 0.1) is 5.92 Å². The molecule has 1 heterocycles. The van der Waals surface area contributed by atoms with Gasteiger partial charge in [0.25, 0.3) is 0 Å². The van der Waals surface area contributed by atoms with Crippen LogP contribution in [0.2, 0.25) is 0 Å². The number of carboxylic acids is 1. The molecule has 1 saturated heterocycles. The van der Waals surface area contributed by atoms with E-state index in [2.05, 4.69) is 5.32 Å². The molecule has 1 rings (SSSR count). The average molecular weight is 285 g/mol. The molecule has 0 bridgehead atoms. The predicted octanol–water partition coefficient (Wildman–Crippen LogP) is 1.11. The lowest BCUT2D eigenvalue weighted by atomic mass is 9.84. The van der Waals surface area contributed by atoms with E-state index in [-0.39, 0.29) is 18.0 Å².